The van der Waals surface area contributed by atoms with Crippen LogP contribution in [0.1, 0.15) is 30.6 Å². The number of ether oxygens (including phenoxy) is 1. The molecule has 0 saturated heterocycles. The van der Waals surface area contributed by atoms with Gasteiger partial charge in [-0.15, -0.1) is 11.3 Å². The number of thiophene rings is 1. The van der Waals surface area contributed by atoms with Crippen LogP contribution in [0.3, 0.4) is 0 Å². The number of hydrogen-bond donors (Lipinski definition) is 2. The highest BCUT2D eigenvalue weighted by atomic mass is 32.1. The standard InChI is InChI=1S/C22H24N6O3S/c1-3-8-31-20(29)13-28(11-15-6-4-5-7-23-15)12-19-25-17-9-18(16-10-24-27-14(16)2)32-21(17)22(30)26-19/h4-7,9-10H,3,8,11-13H2,1-2H3,(H,24,27)(H,25,26,30). The predicted molar refractivity (Wildman–Crippen MR) is 122 cm³/mol. The summed E-state index contributed by atoms with van der Waals surface area (Å²) in [6.45, 7) is 5.03. The van der Waals surface area contributed by atoms with Gasteiger partial charge in [0.25, 0.3) is 5.56 Å². The highest BCUT2D eigenvalue weighted by molar-refractivity contribution is 7.22. The number of pyridine rings is 1. The lowest BCUT2D eigenvalue weighted by Gasteiger charge is -2.20. The number of rotatable bonds is 9. The van der Waals surface area contributed by atoms with Gasteiger partial charge in [0.2, 0.25) is 0 Å². The summed E-state index contributed by atoms with van der Waals surface area (Å²) in [5.41, 5.74) is 3.11. The fourth-order valence-electron chi connectivity index (χ4n) is 3.34. The number of nitrogens with one attached hydrogen (secondary N) is 2. The molecule has 0 unspecified atom stereocenters. The Bertz CT molecular complexity index is 1260. The van der Waals surface area contributed by atoms with Crippen LogP contribution in [0, 0.1) is 6.92 Å². The van der Waals surface area contributed by atoms with Crippen LogP contribution in [-0.4, -0.2) is 49.2 Å². The van der Waals surface area contributed by atoms with Crippen molar-refractivity contribution in [3.05, 3.63) is 64.2 Å². The Kier molecular flexibility index (Phi) is 6.72. The molecule has 4 rings (SSSR count). The molecular formula is C22H24N6O3S. The van der Waals surface area contributed by atoms with Crippen molar-refractivity contribution in [1.29, 1.82) is 0 Å². The monoisotopic (exact) mass is 452 g/mol. The molecule has 9 nitrogen and oxygen atoms in total. The Hall–Kier alpha value is -3.37. The van der Waals surface area contributed by atoms with E-state index in [9.17, 15) is 9.59 Å². The van der Waals surface area contributed by atoms with Crippen molar-refractivity contribution in [3.8, 4) is 10.4 Å². The molecule has 0 aliphatic heterocycles. The average molecular weight is 453 g/mol. The van der Waals surface area contributed by atoms with Crippen LogP contribution in [-0.2, 0) is 22.6 Å². The summed E-state index contributed by atoms with van der Waals surface area (Å²) < 4.78 is 5.80. The largest absolute Gasteiger partial charge is 0.465 e. The number of H-pyrrole nitrogens is 2. The highest BCUT2D eigenvalue weighted by Crippen LogP contribution is 2.32. The van der Waals surface area contributed by atoms with Gasteiger partial charge in [-0.25, -0.2) is 4.98 Å². The quantitative estimate of drug-likeness (QED) is 0.375. The van der Waals surface area contributed by atoms with E-state index in [1.165, 1.54) is 11.3 Å². The third-order valence-electron chi connectivity index (χ3n) is 4.83. The molecule has 2 N–H and O–H groups in total. The summed E-state index contributed by atoms with van der Waals surface area (Å²) in [5.74, 6) is 0.162. The maximum atomic E-state index is 12.7. The zero-order valence-corrected chi connectivity index (χ0v) is 18.7. The Morgan fingerprint density at radius 3 is 2.88 bits per heavy atom. The van der Waals surface area contributed by atoms with E-state index in [1.54, 1.807) is 12.4 Å². The van der Waals surface area contributed by atoms with Crippen molar-refractivity contribution in [3.63, 3.8) is 0 Å². The lowest BCUT2D eigenvalue weighted by atomic mass is 10.2. The number of aromatic amines is 2. The first-order valence-electron chi connectivity index (χ1n) is 10.3. The van der Waals surface area contributed by atoms with Gasteiger partial charge in [-0.05, 0) is 31.5 Å². The van der Waals surface area contributed by atoms with Gasteiger partial charge in [0.05, 0.1) is 37.1 Å². The Labute approximate surface area is 188 Å². The van der Waals surface area contributed by atoms with Gasteiger partial charge in [-0.2, -0.15) is 5.10 Å². The van der Waals surface area contributed by atoms with Crippen LogP contribution in [0.25, 0.3) is 20.7 Å². The van der Waals surface area contributed by atoms with Crippen LogP contribution >= 0.6 is 11.3 Å². The zero-order chi connectivity index (χ0) is 22.5. The molecule has 4 heterocycles. The SMILES string of the molecule is CCCOC(=O)CN(Cc1ccccn1)Cc1nc2cc(-c3cn[nH]c3C)sc2c(=O)[nH]1. The number of esters is 1. The van der Waals surface area contributed by atoms with Crippen LogP contribution in [0.5, 0.6) is 0 Å². The topological polar surface area (TPSA) is 117 Å². The molecular weight excluding hydrogens is 428 g/mol. The third kappa shape index (κ3) is 5.09. The van der Waals surface area contributed by atoms with Crippen molar-refractivity contribution in [2.75, 3.05) is 13.2 Å². The smallest absolute Gasteiger partial charge is 0.320 e. The molecule has 166 valence electrons. The van der Waals surface area contributed by atoms with E-state index in [0.29, 0.717) is 29.2 Å². The van der Waals surface area contributed by atoms with Gasteiger partial charge in [0.15, 0.2) is 0 Å². The summed E-state index contributed by atoms with van der Waals surface area (Å²) in [5, 5.41) is 6.97. The Balaban J connectivity index is 1.60. The second kappa shape index (κ2) is 9.84. The molecule has 4 aromatic heterocycles. The maximum Gasteiger partial charge on any atom is 0.320 e. The van der Waals surface area contributed by atoms with E-state index in [1.807, 2.05) is 43.0 Å². The number of carbonyl (C=O) groups excluding carboxylic acids is 1. The third-order valence-corrected chi connectivity index (χ3v) is 5.99. The fraction of sp³-hybridized carbons (Fsp3) is 0.318. The lowest BCUT2D eigenvalue weighted by Crippen LogP contribution is -2.32. The minimum absolute atomic E-state index is 0.0709. The number of carbonyl (C=O) groups is 1. The number of aryl methyl sites for hydroxylation is 1. The highest BCUT2D eigenvalue weighted by Gasteiger charge is 2.17. The normalized spacial score (nSPS) is 11.3. The van der Waals surface area contributed by atoms with E-state index in [-0.39, 0.29) is 24.6 Å². The van der Waals surface area contributed by atoms with Gasteiger partial charge < -0.3 is 9.72 Å². The Morgan fingerprint density at radius 1 is 1.28 bits per heavy atom. The molecule has 0 spiro atoms. The van der Waals surface area contributed by atoms with Crippen LogP contribution in [0.15, 0.2) is 41.5 Å². The second-order valence-corrected chi connectivity index (χ2v) is 8.49. The summed E-state index contributed by atoms with van der Waals surface area (Å²) in [6, 6.07) is 7.52. The van der Waals surface area contributed by atoms with Crippen molar-refractivity contribution < 1.29 is 9.53 Å². The van der Waals surface area contributed by atoms with Crippen molar-refractivity contribution in [2.24, 2.45) is 0 Å². The summed E-state index contributed by atoms with van der Waals surface area (Å²) in [6.07, 6.45) is 4.21. The summed E-state index contributed by atoms with van der Waals surface area (Å²) >= 11 is 1.38. The molecule has 4 aromatic rings. The van der Waals surface area contributed by atoms with E-state index in [0.717, 1.165) is 28.2 Å². The van der Waals surface area contributed by atoms with E-state index >= 15 is 0 Å². The second-order valence-electron chi connectivity index (χ2n) is 7.43. The first-order chi connectivity index (χ1) is 15.5. The molecule has 0 radical (unpaired) electrons. The first kappa shape index (κ1) is 21.8. The maximum absolute atomic E-state index is 12.7. The minimum Gasteiger partial charge on any atom is -0.465 e. The molecule has 0 saturated carbocycles. The summed E-state index contributed by atoms with van der Waals surface area (Å²) in [4.78, 5) is 39.6. The number of aromatic nitrogens is 5. The minimum atomic E-state index is -0.320. The number of nitrogens with zero attached hydrogens (tertiary/aromatic N) is 4. The molecule has 10 heteroatoms. The fourth-order valence-corrected chi connectivity index (χ4v) is 4.40. The Morgan fingerprint density at radius 2 is 2.16 bits per heavy atom. The van der Waals surface area contributed by atoms with Gasteiger partial charge in [0, 0.05) is 28.9 Å². The molecule has 0 atom stereocenters. The van der Waals surface area contributed by atoms with Crippen LogP contribution in [0.2, 0.25) is 0 Å². The molecule has 0 aromatic carbocycles. The van der Waals surface area contributed by atoms with Crippen molar-refractivity contribution in [1.82, 2.24) is 30.0 Å². The zero-order valence-electron chi connectivity index (χ0n) is 17.9. The van der Waals surface area contributed by atoms with Crippen molar-refractivity contribution in [2.45, 2.75) is 33.4 Å². The number of hydrogen-bond acceptors (Lipinski definition) is 8. The molecule has 32 heavy (non-hydrogen) atoms. The van der Waals surface area contributed by atoms with E-state index < -0.39 is 0 Å². The van der Waals surface area contributed by atoms with Gasteiger partial charge in [0.1, 0.15) is 10.5 Å². The predicted octanol–water partition coefficient (Wildman–Crippen LogP) is 3.03. The van der Waals surface area contributed by atoms with Crippen LogP contribution in [0.4, 0.5) is 0 Å². The van der Waals surface area contributed by atoms with Crippen LogP contribution < -0.4 is 5.56 Å². The lowest BCUT2D eigenvalue weighted by molar-refractivity contribution is -0.145. The molecule has 0 aliphatic rings. The average Bonchev–Trinajstić information content (AvgIpc) is 3.39. The molecule has 0 aliphatic carbocycles. The summed E-state index contributed by atoms with van der Waals surface area (Å²) in [7, 11) is 0. The first-order valence-corrected chi connectivity index (χ1v) is 11.2. The van der Waals surface area contributed by atoms with E-state index in [2.05, 4.69) is 25.1 Å². The van der Waals surface area contributed by atoms with Gasteiger partial charge in [-0.1, -0.05) is 13.0 Å². The van der Waals surface area contributed by atoms with E-state index in [4.69, 9.17) is 4.74 Å². The molecule has 0 fully saturated rings. The molecule has 0 bridgehead atoms. The van der Waals surface area contributed by atoms with Gasteiger partial charge >= 0.3 is 5.97 Å². The van der Waals surface area contributed by atoms with Gasteiger partial charge in [-0.3, -0.25) is 24.6 Å². The van der Waals surface area contributed by atoms with Crippen molar-refractivity contribution >= 4 is 27.5 Å². The molecule has 0 amide bonds. The number of fused-ring (bicyclic) bond motifs is 1.